The average Bonchev–Trinajstić information content (AvgIpc) is 2.20. The van der Waals surface area contributed by atoms with Gasteiger partial charge in [-0.15, -0.1) is 0 Å². The fourth-order valence-electron chi connectivity index (χ4n) is 1.07. The third-order valence-electron chi connectivity index (χ3n) is 1.74. The molecule has 74 valence electrons. The number of aromatic nitrogens is 2. The molecular formula is C9H11N3O2. The second-order valence-electron chi connectivity index (χ2n) is 2.64. The van der Waals surface area contributed by atoms with Crippen LogP contribution in [-0.2, 0) is 11.2 Å². The summed E-state index contributed by atoms with van der Waals surface area (Å²) in [6.07, 6.45) is 2.16. The van der Waals surface area contributed by atoms with Crippen LogP contribution in [-0.4, -0.2) is 23.2 Å². The molecule has 1 aromatic heterocycles. The number of nitrogens with zero attached hydrogens (tertiary/aromatic N) is 3. The molecule has 0 atom stereocenters. The number of ether oxygens (including phenoxy) is 1. The number of isocyanates is 1. The topological polar surface area (TPSA) is 64.4 Å². The van der Waals surface area contributed by atoms with Crippen molar-refractivity contribution in [1.29, 1.82) is 0 Å². The van der Waals surface area contributed by atoms with Crippen molar-refractivity contribution in [3.63, 3.8) is 0 Å². The molecule has 1 rings (SSSR count). The summed E-state index contributed by atoms with van der Waals surface area (Å²) in [7, 11) is 1.48. The Morgan fingerprint density at radius 3 is 2.71 bits per heavy atom. The van der Waals surface area contributed by atoms with Crippen molar-refractivity contribution in [2.24, 2.45) is 4.99 Å². The maximum absolute atomic E-state index is 10.1. The van der Waals surface area contributed by atoms with Crippen LogP contribution < -0.4 is 4.74 Å². The Kier molecular flexibility index (Phi) is 3.31. The van der Waals surface area contributed by atoms with E-state index in [1.54, 1.807) is 6.92 Å². The van der Waals surface area contributed by atoms with Crippen LogP contribution in [0.3, 0.4) is 0 Å². The minimum absolute atomic E-state index is 0.317. The Morgan fingerprint density at radius 1 is 1.50 bits per heavy atom. The monoisotopic (exact) mass is 193 g/mol. The second kappa shape index (κ2) is 4.48. The minimum Gasteiger partial charge on any atom is -0.479 e. The van der Waals surface area contributed by atoms with Crippen LogP contribution in [0.2, 0.25) is 0 Å². The van der Waals surface area contributed by atoms with E-state index >= 15 is 0 Å². The van der Waals surface area contributed by atoms with Gasteiger partial charge in [-0.2, -0.15) is 9.98 Å². The third kappa shape index (κ3) is 1.95. The van der Waals surface area contributed by atoms with Gasteiger partial charge in [0.25, 0.3) is 0 Å². The molecule has 0 N–H and O–H groups in total. The first-order valence-corrected chi connectivity index (χ1v) is 4.22. The van der Waals surface area contributed by atoms with Gasteiger partial charge in [-0.25, -0.2) is 9.78 Å². The zero-order chi connectivity index (χ0) is 10.6. The van der Waals surface area contributed by atoms with E-state index in [0.29, 0.717) is 29.5 Å². The summed E-state index contributed by atoms with van der Waals surface area (Å²) in [5.41, 5.74) is 0.969. The fourth-order valence-corrected chi connectivity index (χ4v) is 1.07. The highest BCUT2D eigenvalue weighted by Crippen LogP contribution is 2.27. The Balaban J connectivity index is 3.34. The summed E-state index contributed by atoms with van der Waals surface area (Å²) in [6, 6.07) is 0. The van der Waals surface area contributed by atoms with Crippen LogP contribution in [0.1, 0.15) is 18.4 Å². The van der Waals surface area contributed by atoms with Gasteiger partial charge in [0.2, 0.25) is 12.0 Å². The summed E-state index contributed by atoms with van der Waals surface area (Å²) in [5.74, 6) is 0.988. The van der Waals surface area contributed by atoms with E-state index in [1.165, 1.54) is 13.2 Å². The molecular weight excluding hydrogens is 182 g/mol. The van der Waals surface area contributed by atoms with E-state index < -0.39 is 0 Å². The number of rotatable bonds is 3. The number of hydrogen-bond acceptors (Lipinski definition) is 5. The molecule has 0 amide bonds. The van der Waals surface area contributed by atoms with Crippen molar-refractivity contribution in [3.8, 4) is 5.88 Å². The minimum atomic E-state index is 0.317. The fraction of sp³-hybridized carbons (Fsp3) is 0.444. The lowest BCUT2D eigenvalue weighted by atomic mass is 10.3. The van der Waals surface area contributed by atoms with Gasteiger partial charge in [-0.3, -0.25) is 0 Å². The van der Waals surface area contributed by atoms with Crippen molar-refractivity contribution in [1.82, 2.24) is 9.97 Å². The normalized spacial score (nSPS) is 9.36. The number of aryl methyl sites for hydroxylation is 2. The van der Waals surface area contributed by atoms with Gasteiger partial charge < -0.3 is 4.74 Å². The van der Waals surface area contributed by atoms with Crippen LogP contribution in [0.25, 0.3) is 0 Å². The Labute approximate surface area is 81.9 Å². The highest BCUT2D eigenvalue weighted by molar-refractivity contribution is 5.57. The molecule has 0 saturated heterocycles. The summed E-state index contributed by atoms with van der Waals surface area (Å²) in [6.45, 7) is 3.69. The predicted molar refractivity (Wildman–Crippen MR) is 50.5 cm³/mol. The SMILES string of the molecule is CCc1nc(C)c(N=C=O)c(OC)n1. The molecule has 0 bridgehead atoms. The standard InChI is InChI=1S/C9H11N3O2/c1-4-7-11-6(2)8(10-5-13)9(12-7)14-3/h4H2,1-3H3. The average molecular weight is 193 g/mol. The van der Waals surface area contributed by atoms with Crippen LogP contribution in [0.5, 0.6) is 5.88 Å². The van der Waals surface area contributed by atoms with Crippen molar-refractivity contribution in [2.75, 3.05) is 7.11 Å². The summed E-state index contributed by atoms with van der Waals surface area (Å²) >= 11 is 0. The van der Waals surface area contributed by atoms with E-state index in [1.807, 2.05) is 6.92 Å². The van der Waals surface area contributed by atoms with Crippen LogP contribution in [0.4, 0.5) is 5.69 Å². The van der Waals surface area contributed by atoms with E-state index in [0.717, 1.165) is 0 Å². The van der Waals surface area contributed by atoms with Crippen LogP contribution in [0.15, 0.2) is 4.99 Å². The van der Waals surface area contributed by atoms with E-state index in [2.05, 4.69) is 15.0 Å². The molecule has 1 heterocycles. The Morgan fingerprint density at radius 2 is 2.21 bits per heavy atom. The Bertz CT molecular complexity index is 384. The highest BCUT2D eigenvalue weighted by atomic mass is 16.5. The van der Waals surface area contributed by atoms with Crippen LogP contribution >= 0.6 is 0 Å². The molecule has 0 radical (unpaired) electrons. The smallest absolute Gasteiger partial charge is 0.244 e. The Hall–Kier alpha value is -1.74. The lowest BCUT2D eigenvalue weighted by Crippen LogP contribution is -1.99. The van der Waals surface area contributed by atoms with Crippen molar-refractivity contribution in [3.05, 3.63) is 11.5 Å². The molecule has 14 heavy (non-hydrogen) atoms. The van der Waals surface area contributed by atoms with Crippen molar-refractivity contribution in [2.45, 2.75) is 20.3 Å². The second-order valence-corrected chi connectivity index (χ2v) is 2.64. The van der Waals surface area contributed by atoms with Gasteiger partial charge in [0.05, 0.1) is 12.8 Å². The van der Waals surface area contributed by atoms with E-state index in [9.17, 15) is 4.79 Å². The predicted octanol–water partition coefficient (Wildman–Crippen LogP) is 1.32. The zero-order valence-electron chi connectivity index (χ0n) is 8.37. The van der Waals surface area contributed by atoms with Gasteiger partial charge in [0.1, 0.15) is 5.82 Å². The maximum atomic E-state index is 10.1. The van der Waals surface area contributed by atoms with Gasteiger partial charge in [0.15, 0.2) is 5.69 Å². The lowest BCUT2D eigenvalue weighted by molar-refractivity contribution is 0.396. The molecule has 0 unspecified atom stereocenters. The molecule has 0 spiro atoms. The summed E-state index contributed by atoms with van der Waals surface area (Å²) in [5, 5.41) is 0. The van der Waals surface area contributed by atoms with Crippen molar-refractivity contribution >= 4 is 11.8 Å². The molecule has 0 aromatic carbocycles. The highest BCUT2D eigenvalue weighted by Gasteiger charge is 2.10. The largest absolute Gasteiger partial charge is 0.479 e. The molecule has 0 saturated carbocycles. The van der Waals surface area contributed by atoms with Gasteiger partial charge in [-0.1, -0.05) is 6.92 Å². The van der Waals surface area contributed by atoms with E-state index in [-0.39, 0.29) is 0 Å². The number of methoxy groups -OCH3 is 1. The molecule has 5 heteroatoms. The van der Waals surface area contributed by atoms with Gasteiger partial charge >= 0.3 is 0 Å². The summed E-state index contributed by atoms with van der Waals surface area (Å²) in [4.78, 5) is 21.9. The third-order valence-corrected chi connectivity index (χ3v) is 1.74. The first-order valence-electron chi connectivity index (χ1n) is 4.22. The molecule has 5 nitrogen and oxygen atoms in total. The lowest BCUT2D eigenvalue weighted by Gasteiger charge is -2.06. The first kappa shape index (κ1) is 10.3. The number of aliphatic imine (C=N–C) groups is 1. The van der Waals surface area contributed by atoms with Crippen LogP contribution in [0, 0.1) is 6.92 Å². The first-order chi connectivity index (χ1) is 6.72. The molecule has 0 aliphatic carbocycles. The number of carbonyl (C=O) groups excluding carboxylic acids is 1. The van der Waals surface area contributed by atoms with Gasteiger partial charge in [0, 0.05) is 6.42 Å². The maximum Gasteiger partial charge on any atom is 0.244 e. The quantitative estimate of drug-likeness (QED) is 0.536. The zero-order valence-corrected chi connectivity index (χ0v) is 8.37. The molecule has 0 fully saturated rings. The molecule has 0 aliphatic heterocycles. The summed E-state index contributed by atoms with van der Waals surface area (Å²) < 4.78 is 5.00. The van der Waals surface area contributed by atoms with Gasteiger partial charge in [-0.05, 0) is 6.92 Å². The van der Waals surface area contributed by atoms with E-state index in [4.69, 9.17) is 4.74 Å². The van der Waals surface area contributed by atoms with Crippen molar-refractivity contribution < 1.29 is 9.53 Å². The molecule has 1 aromatic rings. The molecule has 0 aliphatic rings. The number of hydrogen-bond donors (Lipinski definition) is 0.